The maximum atomic E-state index is 11.5. The third-order valence-corrected chi connectivity index (χ3v) is 2.98. The van der Waals surface area contributed by atoms with E-state index in [9.17, 15) is 4.79 Å². The molecule has 70 valence electrons. The van der Waals surface area contributed by atoms with E-state index < -0.39 is 0 Å². The second-order valence-corrected chi connectivity index (χ2v) is 4.01. The standard InChI is InChI=1S/C9H11NO2S/c1-6-2-3-13-8(6)9(11)10-4-7-5-12-7/h2-3,7H,4-5H2,1H3,(H,10,11). The fraction of sp³-hybridized carbons (Fsp3) is 0.444. The van der Waals surface area contributed by atoms with E-state index >= 15 is 0 Å². The van der Waals surface area contributed by atoms with Gasteiger partial charge in [-0.25, -0.2) is 0 Å². The summed E-state index contributed by atoms with van der Waals surface area (Å²) in [6, 6.07) is 1.95. The van der Waals surface area contributed by atoms with Gasteiger partial charge in [0.15, 0.2) is 0 Å². The smallest absolute Gasteiger partial charge is 0.261 e. The summed E-state index contributed by atoms with van der Waals surface area (Å²) in [6.07, 6.45) is 0.254. The predicted octanol–water partition coefficient (Wildman–Crippen LogP) is 1.19. The minimum Gasteiger partial charge on any atom is -0.371 e. The molecule has 1 atom stereocenters. The summed E-state index contributed by atoms with van der Waals surface area (Å²) in [5, 5.41) is 4.76. The Morgan fingerprint density at radius 3 is 3.15 bits per heavy atom. The molecular weight excluding hydrogens is 186 g/mol. The van der Waals surface area contributed by atoms with Gasteiger partial charge in [-0.05, 0) is 23.9 Å². The minimum atomic E-state index is 0.0167. The van der Waals surface area contributed by atoms with Crippen LogP contribution in [0.25, 0.3) is 0 Å². The lowest BCUT2D eigenvalue weighted by Crippen LogP contribution is -2.27. The first-order valence-corrected chi connectivity index (χ1v) is 5.09. The molecule has 0 radical (unpaired) electrons. The van der Waals surface area contributed by atoms with Crippen LogP contribution in [0.4, 0.5) is 0 Å². The van der Waals surface area contributed by atoms with E-state index in [2.05, 4.69) is 5.32 Å². The lowest BCUT2D eigenvalue weighted by atomic mass is 10.3. The third-order valence-electron chi connectivity index (χ3n) is 1.96. The van der Waals surface area contributed by atoms with Gasteiger partial charge in [0.25, 0.3) is 5.91 Å². The number of nitrogens with one attached hydrogen (secondary N) is 1. The summed E-state index contributed by atoms with van der Waals surface area (Å²) in [7, 11) is 0. The van der Waals surface area contributed by atoms with Crippen LogP contribution in [0.2, 0.25) is 0 Å². The molecule has 1 N–H and O–H groups in total. The largest absolute Gasteiger partial charge is 0.371 e. The van der Waals surface area contributed by atoms with Crippen molar-refractivity contribution in [1.82, 2.24) is 5.32 Å². The zero-order chi connectivity index (χ0) is 9.26. The second kappa shape index (κ2) is 3.47. The molecule has 1 aromatic heterocycles. The van der Waals surface area contributed by atoms with Crippen LogP contribution in [0, 0.1) is 6.92 Å². The number of thiophene rings is 1. The Morgan fingerprint density at radius 2 is 2.62 bits per heavy atom. The highest BCUT2D eigenvalue weighted by atomic mass is 32.1. The highest BCUT2D eigenvalue weighted by molar-refractivity contribution is 7.12. The van der Waals surface area contributed by atoms with E-state index in [0.717, 1.165) is 17.0 Å². The molecule has 0 aliphatic carbocycles. The molecule has 2 heterocycles. The van der Waals surface area contributed by atoms with Crippen molar-refractivity contribution in [2.45, 2.75) is 13.0 Å². The number of hydrogen-bond donors (Lipinski definition) is 1. The van der Waals surface area contributed by atoms with Crippen molar-refractivity contribution in [2.24, 2.45) is 0 Å². The van der Waals surface area contributed by atoms with Crippen LogP contribution in [0.3, 0.4) is 0 Å². The number of rotatable bonds is 3. The van der Waals surface area contributed by atoms with Crippen molar-refractivity contribution in [3.8, 4) is 0 Å². The van der Waals surface area contributed by atoms with Gasteiger partial charge in [-0.1, -0.05) is 0 Å². The zero-order valence-electron chi connectivity index (χ0n) is 7.37. The minimum absolute atomic E-state index is 0.0167. The Labute approximate surface area is 80.7 Å². The van der Waals surface area contributed by atoms with Gasteiger partial charge in [0.05, 0.1) is 17.6 Å². The van der Waals surface area contributed by atoms with E-state index in [-0.39, 0.29) is 12.0 Å². The van der Waals surface area contributed by atoms with Crippen molar-refractivity contribution < 1.29 is 9.53 Å². The van der Waals surface area contributed by atoms with Gasteiger partial charge in [-0.2, -0.15) is 0 Å². The SMILES string of the molecule is Cc1ccsc1C(=O)NCC1CO1. The van der Waals surface area contributed by atoms with Gasteiger partial charge in [-0.15, -0.1) is 11.3 Å². The van der Waals surface area contributed by atoms with Crippen LogP contribution < -0.4 is 5.32 Å². The first kappa shape index (κ1) is 8.72. The average molecular weight is 197 g/mol. The van der Waals surface area contributed by atoms with E-state index in [0.29, 0.717) is 6.54 Å². The highest BCUT2D eigenvalue weighted by Gasteiger charge is 2.23. The zero-order valence-corrected chi connectivity index (χ0v) is 8.19. The van der Waals surface area contributed by atoms with Gasteiger partial charge in [-0.3, -0.25) is 4.79 Å². The molecule has 1 aromatic rings. The summed E-state index contributed by atoms with van der Waals surface area (Å²) in [6.45, 7) is 3.36. The fourth-order valence-electron chi connectivity index (χ4n) is 1.08. The number of ether oxygens (including phenoxy) is 1. The van der Waals surface area contributed by atoms with E-state index in [4.69, 9.17) is 4.74 Å². The van der Waals surface area contributed by atoms with E-state index in [1.54, 1.807) is 0 Å². The van der Waals surface area contributed by atoms with Gasteiger partial charge in [0.2, 0.25) is 0 Å². The second-order valence-electron chi connectivity index (χ2n) is 3.10. The number of carbonyl (C=O) groups is 1. The van der Waals surface area contributed by atoms with Crippen LogP contribution in [0.5, 0.6) is 0 Å². The number of carbonyl (C=O) groups excluding carboxylic acids is 1. The molecule has 1 amide bonds. The van der Waals surface area contributed by atoms with Crippen LogP contribution >= 0.6 is 11.3 Å². The summed E-state index contributed by atoms with van der Waals surface area (Å²) >= 11 is 1.48. The summed E-state index contributed by atoms with van der Waals surface area (Å²) < 4.78 is 5.00. The number of hydrogen-bond acceptors (Lipinski definition) is 3. The molecule has 2 rings (SSSR count). The lowest BCUT2D eigenvalue weighted by molar-refractivity contribution is 0.0954. The third kappa shape index (κ3) is 2.08. The molecule has 0 saturated carbocycles. The molecule has 4 heteroatoms. The Hall–Kier alpha value is -0.870. The van der Waals surface area contributed by atoms with E-state index in [1.165, 1.54) is 11.3 Å². The first-order valence-electron chi connectivity index (χ1n) is 4.21. The van der Waals surface area contributed by atoms with Crippen molar-refractivity contribution in [3.05, 3.63) is 21.9 Å². The van der Waals surface area contributed by atoms with Crippen LogP contribution in [0.1, 0.15) is 15.2 Å². The number of epoxide rings is 1. The molecule has 0 spiro atoms. The Balaban J connectivity index is 1.92. The Morgan fingerprint density at radius 1 is 1.85 bits per heavy atom. The lowest BCUT2D eigenvalue weighted by Gasteiger charge is -2.00. The highest BCUT2D eigenvalue weighted by Crippen LogP contribution is 2.15. The van der Waals surface area contributed by atoms with Crippen molar-refractivity contribution >= 4 is 17.2 Å². The summed E-state index contributed by atoms with van der Waals surface area (Å²) in [5.41, 5.74) is 1.04. The molecule has 0 aromatic carbocycles. The van der Waals surface area contributed by atoms with Gasteiger partial charge >= 0.3 is 0 Å². The maximum absolute atomic E-state index is 11.5. The molecule has 0 bridgehead atoms. The van der Waals surface area contributed by atoms with Crippen molar-refractivity contribution in [3.63, 3.8) is 0 Å². The molecule has 3 nitrogen and oxygen atoms in total. The van der Waals surface area contributed by atoms with Gasteiger partial charge in [0.1, 0.15) is 0 Å². The predicted molar refractivity (Wildman–Crippen MR) is 51.1 cm³/mol. The molecule has 13 heavy (non-hydrogen) atoms. The quantitative estimate of drug-likeness (QED) is 0.739. The first-order chi connectivity index (χ1) is 6.27. The normalized spacial score (nSPS) is 19.9. The Kier molecular flexibility index (Phi) is 2.33. The topological polar surface area (TPSA) is 41.6 Å². The van der Waals surface area contributed by atoms with Crippen molar-refractivity contribution in [1.29, 1.82) is 0 Å². The molecular formula is C9H11NO2S. The molecule has 1 aliphatic rings. The molecule has 1 fully saturated rings. The number of aryl methyl sites for hydroxylation is 1. The molecule has 1 unspecified atom stereocenters. The summed E-state index contributed by atoms with van der Waals surface area (Å²) in [4.78, 5) is 12.3. The van der Waals surface area contributed by atoms with Crippen molar-refractivity contribution in [2.75, 3.05) is 13.2 Å². The van der Waals surface area contributed by atoms with Gasteiger partial charge < -0.3 is 10.1 Å². The van der Waals surface area contributed by atoms with Gasteiger partial charge in [0, 0.05) is 6.54 Å². The van der Waals surface area contributed by atoms with Crippen LogP contribution in [-0.4, -0.2) is 25.2 Å². The Bertz CT molecular complexity index is 317. The average Bonchev–Trinajstić information content (AvgIpc) is 2.84. The molecule has 1 aliphatic heterocycles. The number of amides is 1. The van der Waals surface area contributed by atoms with Crippen LogP contribution in [0.15, 0.2) is 11.4 Å². The summed E-state index contributed by atoms with van der Waals surface area (Å²) in [5.74, 6) is 0.0167. The van der Waals surface area contributed by atoms with Crippen LogP contribution in [-0.2, 0) is 4.74 Å². The fourth-order valence-corrected chi connectivity index (χ4v) is 1.92. The molecule has 1 saturated heterocycles. The van der Waals surface area contributed by atoms with E-state index in [1.807, 2.05) is 18.4 Å². The maximum Gasteiger partial charge on any atom is 0.261 e. The monoisotopic (exact) mass is 197 g/mol.